The van der Waals surface area contributed by atoms with Gasteiger partial charge in [0, 0.05) is 29.6 Å². The highest BCUT2D eigenvalue weighted by atomic mass is 16.1. The first-order valence-corrected chi connectivity index (χ1v) is 11.6. The number of ketones is 1. The molecule has 4 N–H and O–H groups in total. The molecule has 0 amide bonds. The Hall–Kier alpha value is -3.25. The van der Waals surface area contributed by atoms with Crippen LogP contribution < -0.4 is 11.1 Å². The summed E-state index contributed by atoms with van der Waals surface area (Å²) < 4.78 is 0. The molecule has 0 atom stereocenters. The van der Waals surface area contributed by atoms with Crippen molar-refractivity contribution in [2.45, 2.75) is 50.6 Å². The largest absolute Gasteiger partial charge is 0.381 e. The summed E-state index contributed by atoms with van der Waals surface area (Å²) in [7, 11) is 0. The molecule has 0 saturated heterocycles. The molecular formula is C26H27N5O. The first kappa shape index (κ1) is 19.4. The molecule has 2 aromatic heterocycles. The monoisotopic (exact) mass is 425 g/mol. The number of imidazole rings is 1. The number of aromatic nitrogens is 3. The average molecular weight is 426 g/mol. The number of benzene rings is 2. The highest BCUT2D eigenvalue weighted by Gasteiger charge is 2.33. The van der Waals surface area contributed by atoms with Gasteiger partial charge in [0.25, 0.3) is 0 Å². The van der Waals surface area contributed by atoms with Gasteiger partial charge in [-0.25, -0.2) is 4.98 Å². The molecule has 2 saturated carbocycles. The van der Waals surface area contributed by atoms with Crippen LogP contribution in [0.5, 0.6) is 0 Å². The van der Waals surface area contributed by atoms with Crippen molar-refractivity contribution in [3.8, 4) is 11.1 Å². The molecule has 6 nitrogen and oxygen atoms in total. The first-order chi connectivity index (χ1) is 15.7. The number of H-pyrrole nitrogens is 1. The Morgan fingerprint density at radius 2 is 1.72 bits per heavy atom. The smallest absolute Gasteiger partial charge is 0.169 e. The van der Waals surface area contributed by atoms with Gasteiger partial charge in [0.1, 0.15) is 0 Å². The topological polar surface area (TPSA) is 96.7 Å². The van der Waals surface area contributed by atoms with Crippen LogP contribution in [0.15, 0.2) is 48.9 Å². The summed E-state index contributed by atoms with van der Waals surface area (Å²) in [6.45, 7) is 0. The third kappa shape index (κ3) is 3.54. The van der Waals surface area contributed by atoms with Gasteiger partial charge in [-0.3, -0.25) is 9.78 Å². The number of nitrogens with one attached hydrogen (secondary N) is 2. The number of hydrogen-bond donors (Lipinski definition) is 3. The van der Waals surface area contributed by atoms with Gasteiger partial charge >= 0.3 is 0 Å². The van der Waals surface area contributed by atoms with Crippen LogP contribution in [-0.2, 0) is 0 Å². The third-order valence-corrected chi connectivity index (χ3v) is 6.96. The van der Waals surface area contributed by atoms with E-state index in [4.69, 9.17) is 5.73 Å². The Morgan fingerprint density at radius 3 is 2.53 bits per heavy atom. The van der Waals surface area contributed by atoms with E-state index in [2.05, 4.69) is 50.6 Å². The van der Waals surface area contributed by atoms with Gasteiger partial charge in [-0.05, 0) is 73.9 Å². The number of Topliss-reactive ketones (excluding diaryl/α,β-unsaturated/α-hetero) is 1. The highest BCUT2D eigenvalue weighted by molar-refractivity contribution is 6.10. The van der Waals surface area contributed by atoms with Gasteiger partial charge in [-0.1, -0.05) is 12.1 Å². The van der Waals surface area contributed by atoms with E-state index in [0.29, 0.717) is 12.1 Å². The van der Waals surface area contributed by atoms with E-state index in [1.54, 1.807) is 12.5 Å². The van der Waals surface area contributed by atoms with Crippen molar-refractivity contribution in [1.82, 2.24) is 15.0 Å². The maximum absolute atomic E-state index is 13.1. The number of pyridine rings is 1. The maximum Gasteiger partial charge on any atom is 0.169 e. The number of nitrogens with two attached hydrogens (primary N) is 1. The van der Waals surface area contributed by atoms with Gasteiger partial charge in [0.05, 0.1) is 34.1 Å². The number of fused-ring (bicyclic) bond motifs is 2. The molecule has 0 unspecified atom stereocenters. The van der Waals surface area contributed by atoms with Crippen molar-refractivity contribution in [2.75, 3.05) is 5.32 Å². The van der Waals surface area contributed by atoms with E-state index < -0.39 is 0 Å². The first-order valence-electron chi connectivity index (χ1n) is 11.6. The summed E-state index contributed by atoms with van der Waals surface area (Å²) in [5.41, 5.74) is 12.8. The fourth-order valence-corrected chi connectivity index (χ4v) is 4.86. The molecule has 2 aromatic carbocycles. The zero-order valence-corrected chi connectivity index (χ0v) is 18.0. The van der Waals surface area contributed by atoms with Crippen molar-refractivity contribution in [3.63, 3.8) is 0 Å². The number of aromatic amines is 1. The standard InChI is InChI=1S/C26H27N5O/c27-18-5-7-19(8-6-18)31-25-20-11-16(17-4-10-23-24(12-17)30-14-29-23)3-9-22(20)28-13-21(25)26(32)15-1-2-15/h3-4,9-15,18-19H,1-2,5-8,27H2,(H,28,31)(H,29,30). The van der Waals surface area contributed by atoms with Gasteiger partial charge in [0.15, 0.2) is 5.78 Å². The van der Waals surface area contributed by atoms with Crippen LogP contribution in [0.1, 0.15) is 48.9 Å². The summed E-state index contributed by atoms with van der Waals surface area (Å²) in [6.07, 6.45) is 9.54. The van der Waals surface area contributed by atoms with Crippen LogP contribution in [0, 0.1) is 5.92 Å². The van der Waals surface area contributed by atoms with E-state index in [1.807, 2.05) is 6.07 Å². The second kappa shape index (κ2) is 7.71. The fourth-order valence-electron chi connectivity index (χ4n) is 4.86. The number of carbonyl (C=O) groups excluding carboxylic acids is 1. The fraction of sp³-hybridized carbons (Fsp3) is 0.346. The molecule has 0 spiro atoms. The van der Waals surface area contributed by atoms with Gasteiger partial charge in [-0.2, -0.15) is 0 Å². The molecule has 4 aromatic rings. The molecule has 0 radical (unpaired) electrons. The summed E-state index contributed by atoms with van der Waals surface area (Å²) in [6, 6.07) is 13.2. The summed E-state index contributed by atoms with van der Waals surface area (Å²) in [4.78, 5) is 25.3. The Morgan fingerprint density at radius 1 is 0.938 bits per heavy atom. The normalized spacial score (nSPS) is 21.2. The Bertz CT molecular complexity index is 1310. The van der Waals surface area contributed by atoms with Gasteiger partial charge < -0.3 is 16.0 Å². The Balaban J connectivity index is 1.46. The molecular weight excluding hydrogens is 398 g/mol. The molecule has 0 aliphatic heterocycles. The lowest BCUT2D eigenvalue weighted by atomic mass is 9.91. The van der Waals surface area contributed by atoms with Crippen LogP contribution in [0.2, 0.25) is 0 Å². The molecule has 32 heavy (non-hydrogen) atoms. The van der Waals surface area contributed by atoms with Crippen molar-refractivity contribution in [2.24, 2.45) is 11.7 Å². The summed E-state index contributed by atoms with van der Waals surface area (Å²) >= 11 is 0. The van der Waals surface area contributed by atoms with Crippen LogP contribution in [-0.4, -0.2) is 32.8 Å². The van der Waals surface area contributed by atoms with Crippen LogP contribution in [0.25, 0.3) is 33.1 Å². The molecule has 2 aliphatic carbocycles. The lowest BCUT2D eigenvalue weighted by Crippen LogP contribution is -2.33. The number of carbonyl (C=O) groups is 1. The molecule has 6 heteroatoms. The quantitative estimate of drug-likeness (QED) is 0.389. The van der Waals surface area contributed by atoms with E-state index in [1.165, 1.54) is 0 Å². The van der Waals surface area contributed by atoms with Gasteiger partial charge in [-0.15, -0.1) is 0 Å². The SMILES string of the molecule is NC1CCC(Nc2c(C(=O)C3CC3)cnc3ccc(-c4ccc5[nH]cnc5c4)cc23)CC1. The van der Waals surface area contributed by atoms with Crippen LogP contribution in [0.3, 0.4) is 0 Å². The molecule has 6 rings (SSSR count). The molecule has 2 heterocycles. The zero-order chi connectivity index (χ0) is 21.7. The molecule has 2 fully saturated rings. The van der Waals surface area contributed by atoms with Crippen molar-refractivity contribution in [1.29, 1.82) is 0 Å². The van der Waals surface area contributed by atoms with E-state index in [-0.39, 0.29) is 11.7 Å². The third-order valence-electron chi connectivity index (χ3n) is 6.96. The van der Waals surface area contributed by atoms with E-state index >= 15 is 0 Å². The lowest BCUT2D eigenvalue weighted by molar-refractivity contribution is 0.0968. The minimum absolute atomic E-state index is 0.153. The second-order valence-corrected chi connectivity index (χ2v) is 9.31. The summed E-state index contributed by atoms with van der Waals surface area (Å²) in [5, 5.41) is 4.75. The minimum Gasteiger partial charge on any atom is -0.381 e. The highest BCUT2D eigenvalue weighted by Crippen LogP contribution is 2.38. The number of anilines is 1. The zero-order valence-electron chi connectivity index (χ0n) is 18.0. The van der Waals surface area contributed by atoms with Crippen molar-refractivity contribution in [3.05, 3.63) is 54.5 Å². The number of rotatable bonds is 5. The maximum atomic E-state index is 13.1. The predicted molar refractivity (Wildman–Crippen MR) is 128 cm³/mol. The van der Waals surface area contributed by atoms with Crippen LogP contribution in [0.4, 0.5) is 5.69 Å². The summed E-state index contributed by atoms with van der Waals surface area (Å²) in [5.74, 6) is 0.373. The predicted octanol–water partition coefficient (Wildman–Crippen LogP) is 5.05. The number of nitrogens with zero attached hydrogens (tertiary/aromatic N) is 2. The minimum atomic E-state index is 0.153. The molecule has 0 bridgehead atoms. The van der Waals surface area contributed by atoms with E-state index in [0.717, 1.165) is 82.8 Å². The Kier molecular flexibility index (Phi) is 4.68. The van der Waals surface area contributed by atoms with E-state index in [9.17, 15) is 4.79 Å². The second-order valence-electron chi connectivity index (χ2n) is 9.31. The Labute approximate surface area is 186 Å². The van der Waals surface area contributed by atoms with Crippen molar-refractivity contribution >= 4 is 33.4 Å². The van der Waals surface area contributed by atoms with Gasteiger partial charge in [0.2, 0.25) is 0 Å². The number of hydrogen-bond acceptors (Lipinski definition) is 5. The molecule has 2 aliphatic rings. The average Bonchev–Trinajstić information content (AvgIpc) is 3.57. The molecule has 162 valence electrons. The van der Waals surface area contributed by atoms with Crippen LogP contribution >= 0.6 is 0 Å². The lowest BCUT2D eigenvalue weighted by Gasteiger charge is -2.29. The van der Waals surface area contributed by atoms with Crippen molar-refractivity contribution < 1.29 is 4.79 Å².